The number of likely N-dealkylation sites (tertiary alicyclic amines) is 1. The van der Waals surface area contributed by atoms with Crippen LogP contribution in [0.1, 0.15) is 18.4 Å². The first-order valence-corrected chi connectivity index (χ1v) is 8.03. The molecule has 1 fully saturated rings. The first-order valence-electron chi connectivity index (χ1n) is 7.65. The van der Waals surface area contributed by atoms with Crippen molar-refractivity contribution >= 4 is 17.5 Å². The normalized spacial score (nSPS) is 16.7. The highest BCUT2D eigenvalue weighted by Crippen LogP contribution is 2.17. The summed E-state index contributed by atoms with van der Waals surface area (Å²) in [6.07, 6.45) is 2.33. The van der Waals surface area contributed by atoms with E-state index >= 15 is 0 Å². The van der Waals surface area contributed by atoms with Gasteiger partial charge in [0, 0.05) is 12.1 Å². The summed E-state index contributed by atoms with van der Waals surface area (Å²) in [5.74, 6) is 0.0328. The predicted octanol–water partition coefficient (Wildman–Crippen LogP) is 2.03. The highest BCUT2D eigenvalue weighted by atomic mass is 35.5. The molecule has 0 atom stereocenters. The number of rotatable bonds is 6. The van der Waals surface area contributed by atoms with Crippen molar-refractivity contribution in [2.45, 2.75) is 19.4 Å². The van der Waals surface area contributed by atoms with E-state index in [-0.39, 0.29) is 24.0 Å². The van der Waals surface area contributed by atoms with Crippen LogP contribution in [0.3, 0.4) is 0 Å². The van der Waals surface area contributed by atoms with Gasteiger partial charge in [-0.1, -0.05) is 23.7 Å². The molecule has 1 heterocycles. The Bertz CT molecular complexity index is 504. The first-order chi connectivity index (χ1) is 10.6. The van der Waals surface area contributed by atoms with Crippen molar-refractivity contribution in [3.05, 3.63) is 34.6 Å². The van der Waals surface area contributed by atoms with E-state index in [0.717, 1.165) is 19.6 Å². The van der Waals surface area contributed by atoms with Crippen molar-refractivity contribution < 1.29 is 9.18 Å². The molecular weight excluding hydrogens is 305 g/mol. The van der Waals surface area contributed by atoms with E-state index in [9.17, 15) is 9.18 Å². The third-order valence-electron chi connectivity index (χ3n) is 4.06. The largest absolute Gasteiger partial charge is 0.351 e. The van der Waals surface area contributed by atoms with Crippen molar-refractivity contribution in [2.24, 2.45) is 5.92 Å². The van der Waals surface area contributed by atoms with Crippen LogP contribution in [0.4, 0.5) is 4.39 Å². The summed E-state index contributed by atoms with van der Waals surface area (Å²) in [6, 6.07) is 4.78. The van der Waals surface area contributed by atoms with E-state index in [1.165, 1.54) is 18.9 Å². The van der Waals surface area contributed by atoms with Gasteiger partial charge < -0.3 is 15.5 Å². The minimum absolute atomic E-state index is 0.0761. The van der Waals surface area contributed by atoms with Crippen molar-refractivity contribution in [3.8, 4) is 0 Å². The first kappa shape index (κ1) is 17.2. The van der Waals surface area contributed by atoms with Crippen molar-refractivity contribution in [2.75, 3.05) is 33.2 Å². The van der Waals surface area contributed by atoms with Gasteiger partial charge >= 0.3 is 0 Å². The monoisotopic (exact) mass is 327 g/mol. The third kappa shape index (κ3) is 5.23. The van der Waals surface area contributed by atoms with E-state index in [1.807, 2.05) is 0 Å². The Morgan fingerprint density at radius 2 is 2.14 bits per heavy atom. The van der Waals surface area contributed by atoms with Crippen molar-refractivity contribution in [3.63, 3.8) is 0 Å². The molecule has 22 heavy (non-hydrogen) atoms. The van der Waals surface area contributed by atoms with Crippen molar-refractivity contribution in [1.29, 1.82) is 0 Å². The Kier molecular flexibility index (Phi) is 6.61. The molecule has 0 unspecified atom stereocenters. The fourth-order valence-electron chi connectivity index (χ4n) is 2.60. The van der Waals surface area contributed by atoms with Crippen LogP contribution in [0.15, 0.2) is 18.2 Å². The lowest BCUT2D eigenvalue weighted by atomic mass is 9.97. The molecule has 2 rings (SSSR count). The van der Waals surface area contributed by atoms with Crippen LogP contribution in [0.2, 0.25) is 5.02 Å². The van der Waals surface area contributed by atoms with Gasteiger partial charge in [0.15, 0.2) is 0 Å². The molecule has 2 N–H and O–H groups in total. The quantitative estimate of drug-likeness (QED) is 0.840. The zero-order valence-corrected chi connectivity index (χ0v) is 13.6. The molecule has 0 aliphatic carbocycles. The molecule has 0 bridgehead atoms. The third-order valence-corrected chi connectivity index (χ3v) is 4.36. The molecule has 0 saturated carbocycles. The number of carbonyl (C=O) groups is 1. The summed E-state index contributed by atoms with van der Waals surface area (Å²) in [5.41, 5.74) is 0.399. The van der Waals surface area contributed by atoms with Gasteiger partial charge in [-0.25, -0.2) is 4.39 Å². The number of halogens is 2. The highest BCUT2D eigenvalue weighted by Gasteiger charge is 2.16. The predicted molar refractivity (Wildman–Crippen MR) is 86.3 cm³/mol. The maximum atomic E-state index is 13.7. The number of piperidine rings is 1. The average molecular weight is 328 g/mol. The Balaban J connectivity index is 1.65. The molecule has 1 aliphatic rings. The molecule has 0 aromatic heterocycles. The molecule has 1 aliphatic heterocycles. The van der Waals surface area contributed by atoms with Crippen LogP contribution in [-0.2, 0) is 11.3 Å². The van der Waals surface area contributed by atoms with Crippen LogP contribution < -0.4 is 10.6 Å². The summed E-state index contributed by atoms with van der Waals surface area (Å²) >= 11 is 5.71. The molecule has 1 aromatic carbocycles. The molecule has 1 aromatic rings. The van der Waals surface area contributed by atoms with Gasteiger partial charge in [-0.3, -0.25) is 4.79 Å². The summed E-state index contributed by atoms with van der Waals surface area (Å²) in [7, 11) is 2.13. The van der Waals surface area contributed by atoms with E-state index in [1.54, 1.807) is 12.1 Å². The van der Waals surface area contributed by atoms with Gasteiger partial charge in [0.05, 0.1) is 11.6 Å². The molecule has 0 radical (unpaired) electrons. The second kappa shape index (κ2) is 8.46. The van der Waals surface area contributed by atoms with Crippen LogP contribution in [0.25, 0.3) is 0 Å². The summed E-state index contributed by atoms with van der Waals surface area (Å²) < 4.78 is 13.7. The highest BCUT2D eigenvalue weighted by molar-refractivity contribution is 6.30. The zero-order valence-electron chi connectivity index (χ0n) is 12.9. The Hall–Kier alpha value is -1.17. The SMILES string of the molecule is CN1CCC(CNCC(=O)NCc2cccc(Cl)c2F)CC1. The van der Waals surface area contributed by atoms with Gasteiger partial charge in [0.25, 0.3) is 0 Å². The van der Waals surface area contributed by atoms with Gasteiger partial charge in [-0.05, 0) is 51.5 Å². The summed E-state index contributed by atoms with van der Waals surface area (Å²) in [6.45, 7) is 3.50. The number of carbonyl (C=O) groups excluding carboxylic acids is 1. The fourth-order valence-corrected chi connectivity index (χ4v) is 2.79. The van der Waals surface area contributed by atoms with Crippen LogP contribution >= 0.6 is 11.6 Å². The maximum Gasteiger partial charge on any atom is 0.234 e. The summed E-state index contributed by atoms with van der Waals surface area (Å²) in [5, 5.41) is 5.96. The van der Waals surface area contributed by atoms with Gasteiger partial charge in [-0.15, -0.1) is 0 Å². The van der Waals surface area contributed by atoms with Crippen molar-refractivity contribution in [1.82, 2.24) is 15.5 Å². The fraction of sp³-hybridized carbons (Fsp3) is 0.562. The number of hydrogen-bond donors (Lipinski definition) is 2. The molecule has 4 nitrogen and oxygen atoms in total. The average Bonchev–Trinajstić information content (AvgIpc) is 2.51. The molecule has 0 spiro atoms. The summed E-state index contributed by atoms with van der Waals surface area (Å²) in [4.78, 5) is 14.1. The lowest BCUT2D eigenvalue weighted by Gasteiger charge is -2.28. The topological polar surface area (TPSA) is 44.4 Å². The van der Waals surface area contributed by atoms with Crippen LogP contribution in [-0.4, -0.2) is 44.0 Å². The minimum Gasteiger partial charge on any atom is -0.351 e. The van der Waals surface area contributed by atoms with Gasteiger partial charge in [-0.2, -0.15) is 0 Å². The Morgan fingerprint density at radius 3 is 2.86 bits per heavy atom. The molecule has 1 saturated heterocycles. The van der Waals surface area contributed by atoms with Crippen LogP contribution in [0, 0.1) is 11.7 Å². The van der Waals surface area contributed by atoms with Gasteiger partial charge in [0.2, 0.25) is 5.91 Å². The Labute approximate surface area is 136 Å². The maximum absolute atomic E-state index is 13.7. The zero-order chi connectivity index (χ0) is 15.9. The molecule has 6 heteroatoms. The van der Waals surface area contributed by atoms with E-state index < -0.39 is 5.82 Å². The van der Waals surface area contributed by atoms with E-state index in [0.29, 0.717) is 11.5 Å². The smallest absolute Gasteiger partial charge is 0.234 e. The van der Waals surface area contributed by atoms with Gasteiger partial charge in [0.1, 0.15) is 5.82 Å². The number of amides is 1. The number of nitrogens with one attached hydrogen (secondary N) is 2. The van der Waals surface area contributed by atoms with E-state index in [2.05, 4.69) is 22.6 Å². The lowest BCUT2D eigenvalue weighted by Crippen LogP contribution is -2.39. The standard InChI is InChI=1S/C16H23ClFN3O/c1-21-7-5-12(6-8-21)9-19-11-15(22)20-10-13-3-2-4-14(17)16(13)18/h2-4,12,19H,5-11H2,1H3,(H,20,22). The molecule has 122 valence electrons. The number of hydrogen-bond acceptors (Lipinski definition) is 3. The minimum atomic E-state index is -0.469. The molecule has 1 amide bonds. The lowest BCUT2D eigenvalue weighted by molar-refractivity contribution is -0.120. The number of benzene rings is 1. The molecular formula is C16H23ClFN3O. The second-order valence-electron chi connectivity index (χ2n) is 5.87. The second-order valence-corrected chi connectivity index (χ2v) is 6.27. The number of nitrogens with zero attached hydrogens (tertiary/aromatic N) is 1. The Morgan fingerprint density at radius 1 is 1.41 bits per heavy atom. The van der Waals surface area contributed by atoms with E-state index in [4.69, 9.17) is 11.6 Å². The van der Waals surface area contributed by atoms with Crippen LogP contribution in [0.5, 0.6) is 0 Å².